The molecule has 74 valence electrons. The molecule has 0 spiro atoms. The Morgan fingerprint density at radius 1 is 1.46 bits per heavy atom. The molecule has 0 fully saturated rings. The van der Waals surface area contributed by atoms with Gasteiger partial charge in [-0.25, -0.2) is 0 Å². The third-order valence-electron chi connectivity index (χ3n) is 1.29. The van der Waals surface area contributed by atoms with Gasteiger partial charge in [-0.3, -0.25) is 0 Å². The van der Waals surface area contributed by atoms with Crippen LogP contribution in [0, 0.1) is 0 Å². The maximum absolute atomic E-state index is 5.49. The maximum atomic E-state index is 5.49. The van der Waals surface area contributed by atoms with Gasteiger partial charge < -0.3 is 0 Å². The predicted molar refractivity (Wildman–Crippen MR) is 53.5 cm³/mol. The molecule has 0 aromatic heterocycles. The fraction of sp³-hybridized carbons (Fsp3) is 0.500. The van der Waals surface area contributed by atoms with Gasteiger partial charge in [0.1, 0.15) is 0 Å². The van der Waals surface area contributed by atoms with Crippen LogP contribution in [0.15, 0.2) is 24.3 Å². The molecule has 0 aliphatic carbocycles. The Morgan fingerprint density at radius 2 is 2.08 bits per heavy atom. The van der Waals surface area contributed by atoms with Crippen molar-refractivity contribution in [2.45, 2.75) is 6.92 Å². The minimum absolute atomic E-state index is 0.756. The molecule has 0 heterocycles. The first-order valence-corrected chi connectivity index (χ1v) is 5.64. The van der Waals surface area contributed by atoms with Crippen LogP contribution >= 0.6 is 0 Å². The van der Waals surface area contributed by atoms with Gasteiger partial charge in [0.25, 0.3) is 0 Å². The molecule has 2 nitrogen and oxygen atoms in total. The van der Waals surface area contributed by atoms with Crippen LogP contribution < -0.4 is 0 Å². The molecule has 0 bridgehead atoms. The van der Waals surface area contributed by atoms with Gasteiger partial charge >= 0.3 is 91.5 Å². The zero-order valence-electron chi connectivity index (χ0n) is 8.54. The first-order chi connectivity index (χ1) is 6.02. The summed E-state index contributed by atoms with van der Waals surface area (Å²) in [5.41, 5.74) is 1.05. The summed E-state index contributed by atoms with van der Waals surface area (Å²) >= 11 is 1.35. The van der Waals surface area contributed by atoms with Crippen LogP contribution in [0.5, 0.6) is 0 Å². The van der Waals surface area contributed by atoms with Gasteiger partial charge in [0, 0.05) is 0 Å². The standard InChI is InChI=1S/C10H17NO.W/c1-10(2)6-5-8-12-9-7-11(3)4;/h5-6H,1,7,9H2,2-4H3;/b6-5-;. The van der Waals surface area contributed by atoms with Crippen molar-refractivity contribution in [1.29, 1.82) is 0 Å². The number of hydrogen-bond acceptors (Lipinski definition) is 2. The van der Waals surface area contributed by atoms with E-state index >= 15 is 0 Å². The molecule has 0 amide bonds. The molecule has 0 aliphatic heterocycles. The zero-order chi connectivity index (χ0) is 10.3. The summed E-state index contributed by atoms with van der Waals surface area (Å²) in [4.78, 5) is 2.10. The summed E-state index contributed by atoms with van der Waals surface area (Å²) in [6.45, 7) is 7.46. The molecule has 0 saturated carbocycles. The second-order valence-electron chi connectivity index (χ2n) is 3.15. The molecule has 0 saturated heterocycles. The second-order valence-corrected chi connectivity index (χ2v) is 4.60. The number of likely N-dealkylation sites (N-methyl/N-ethyl adjacent to an activating group) is 1. The normalized spacial score (nSPS) is 11.1. The molecule has 0 aromatic rings. The number of rotatable bonds is 6. The summed E-state index contributed by atoms with van der Waals surface area (Å²) in [5, 5.41) is 0. The Morgan fingerprint density at radius 3 is 2.54 bits per heavy atom. The van der Waals surface area contributed by atoms with Crippen molar-refractivity contribution in [3.05, 3.63) is 24.3 Å². The van der Waals surface area contributed by atoms with Crippen molar-refractivity contribution >= 4 is 4.08 Å². The molecule has 3 heteroatoms. The molecule has 0 atom stereocenters. The Labute approximate surface area is 91.7 Å². The van der Waals surface area contributed by atoms with Gasteiger partial charge in [0.15, 0.2) is 0 Å². The second kappa shape index (κ2) is 7.37. The summed E-state index contributed by atoms with van der Waals surface area (Å²) in [6.07, 6.45) is 3.95. The Kier molecular flexibility index (Phi) is 7.35. The van der Waals surface area contributed by atoms with Crippen LogP contribution in [0.2, 0.25) is 0 Å². The van der Waals surface area contributed by atoms with Crippen LogP contribution in [0.3, 0.4) is 0 Å². The monoisotopic (exact) mass is 351 g/mol. The van der Waals surface area contributed by atoms with Crippen LogP contribution in [0.4, 0.5) is 0 Å². The average molecular weight is 351 g/mol. The molecule has 0 aliphatic rings. The molecular weight excluding hydrogens is 334 g/mol. The van der Waals surface area contributed by atoms with Crippen LogP contribution in [-0.2, 0) is 24.1 Å². The molecule has 0 unspecified atom stereocenters. The molecular formula is C10H17NOW. The minimum atomic E-state index is 0.756. The third-order valence-corrected chi connectivity index (χ3v) is 2.20. The summed E-state index contributed by atoms with van der Waals surface area (Å²) in [7, 11) is 4.07. The number of allylic oxidation sites excluding steroid dienone is 2. The summed E-state index contributed by atoms with van der Waals surface area (Å²) in [5.74, 6) is 0. The van der Waals surface area contributed by atoms with E-state index in [0.717, 1.165) is 22.8 Å². The first kappa shape index (κ1) is 13.0. The van der Waals surface area contributed by atoms with Gasteiger partial charge in [-0.1, -0.05) is 0 Å². The predicted octanol–water partition coefficient (Wildman–Crippen LogP) is 1.37. The van der Waals surface area contributed by atoms with Crippen molar-refractivity contribution in [2.24, 2.45) is 0 Å². The SMILES string of the molecule is C=C(C)/C=C\[C](=[W])OCCN(C)C. The molecule has 0 N–H and O–H groups in total. The van der Waals surface area contributed by atoms with Crippen molar-refractivity contribution in [3.8, 4) is 0 Å². The number of nitrogens with zero attached hydrogens (tertiary/aromatic N) is 1. The van der Waals surface area contributed by atoms with E-state index in [-0.39, 0.29) is 0 Å². The van der Waals surface area contributed by atoms with E-state index < -0.39 is 0 Å². The number of hydrogen-bond donors (Lipinski definition) is 0. The van der Waals surface area contributed by atoms with Gasteiger partial charge in [0.05, 0.1) is 0 Å². The van der Waals surface area contributed by atoms with E-state index in [1.807, 2.05) is 33.2 Å². The van der Waals surface area contributed by atoms with Crippen molar-refractivity contribution in [2.75, 3.05) is 27.2 Å². The van der Waals surface area contributed by atoms with Crippen molar-refractivity contribution in [3.63, 3.8) is 0 Å². The molecule has 13 heavy (non-hydrogen) atoms. The summed E-state index contributed by atoms with van der Waals surface area (Å²) < 4.78 is 6.51. The zero-order valence-corrected chi connectivity index (χ0v) is 11.5. The fourth-order valence-electron chi connectivity index (χ4n) is 0.587. The van der Waals surface area contributed by atoms with Crippen LogP contribution in [-0.4, -0.2) is 36.2 Å². The topological polar surface area (TPSA) is 12.5 Å². The Hall–Kier alpha value is -0.0417. The van der Waals surface area contributed by atoms with Gasteiger partial charge in [0.2, 0.25) is 0 Å². The van der Waals surface area contributed by atoms with E-state index in [0.29, 0.717) is 0 Å². The molecule has 0 rings (SSSR count). The van der Waals surface area contributed by atoms with E-state index in [1.54, 1.807) is 0 Å². The molecule has 0 radical (unpaired) electrons. The van der Waals surface area contributed by atoms with Crippen molar-refractivity contribution < 1.29 is 24.1 Å². The number of ether oxygens (including phenoxy) is 1. The van der Waals surface area contributed by atoms with Gasteiger partial charge in [-0.2, -0.15) is 0 Å². The Bertz CT molecular complexity index is 209. The quantitative estimate of drug-likeness (QED) is 0.671. The molecule has 0 aromatic carbocycles. The average Bonchev–Trinajstić information content (AvgIpc) is 2.00. The van der Waals surface area contributed by atoms with Crippen LogP contribution in [0.25, 0.3) is 0 Å². The van der Waals surface area contributed by atoms with Gasteiger partial charge in [-0.05, 0) is 0 Å². The summed E-state index contributed by atoms with van der Waals surface area (Å²) in [6, 6.07) is 0. The van der Waals surface area contributed by atoms with Crippen LogP contribution in [0.1, 0.15) is 6.92 Å². The van der Waals surface area contributed by atoms with E-state index in [4.69, 9.17) is 4.74 Å². The van der Waals surface area contributed by atoms with E-state index in [1.165, 1.54) is 19.4 Å². The van der Waals surface area contributed by atoms with E-state index in [2.05, 4.69) is 11.5 Å². The fourth-order valence-corrected chi connectivity index (χ4v) is 1.13. The first-order valence-electron chi connectivity index (χ1n) is 4.17. The third kappa shape index (κ3) is 9.88. The van der Waals surface area contributed by atoms with Gasteiger partial charge in [-0.15, -0.1) is 0 Å². The Balaban J connectivity index is 3.58. The van der Waals surface area contributed by atoms with E-state index in [9.17, 15) is 0 Å². The van der Waals surface area contributed by atoms with Crippen molar-refractivity contribution in [1.82, 2.24) is 4.90 Å².